The Morgan fingerprint density at radius 1 is 1.58 bits per heavy atom. The van der Waals surface area contributed by atoms with E-state index in [1.165, 1.54) is 0 Å². The van der Waals surface area contributed by atoms with Crippen molar-refractivity contribution in [1.29, 1.82) is 0 Å². The minimum Gasteiger partial charge on any atom is -0.199 e. The molecule has 0 saturated heterocycles. The van der Waals surface area contributed by atoms with Crippen LogP contribution in [0.15, 0.2) is 11.1 Å². The molecule has 1 rings (SSSR count). The fourth-order valence-electron chi connectivity index (χ4n) is 0.636. The molecule has 6 heteroatoms. The van der Waals surface area contributed by atoms with Crippen molar-refractivity contribution in [3.63, 3.8) is 0 Å². The van der Waals surface area contributed by atoms with Crippen LogP contribution in [-0.4, -0.2) is 21.0 Å². The highest BCUT2D eigenvalue weighted by Gasteiger charge is 2.26. The quantitative estimate of drug-likeness (QED) is 0.750. The predicted octanol–water partition coefficient (Wildman–Crippen LogP) is 0.481. The van der Waals surface area contributed by atoms with Gasteiger partial charge in [-0.15, -0.1) is 0 Å². The molecule has 1 saturated carbocycles. The van der Waals surface area contributed by atoms with E-state index >= 15 is 0 Å². The second kappa shape index (κ2) is 3.87. The first-order valence-electron chi connectivity index (χ1n) is 3.60. The van der Waals surface area contributed by atoms with Crippen LogP contribution < -0.4 is 9.44 Å². The molecule has 12 heavy (non-hydrogen) atoms. The SMILES string of the molecule is C=C(Br)CNS(=O)(=O)NC1CC1. The van der Waals surface area contributed by atoms with Gasteiger partial charge in [0.25, 0.3) is 10.2 Å². The van der Waals surface area contributed by atoms with Crippen molar-refractivity contribution in [2.75, 3.05) is 6.54 Å². The predicted molar refractivity (Wildman–Crippen MR) is 51.1 cm³/mol. The van der Waals surface area contributed by atoms with Crippen molar-refractivity contribution in [2.45, 2.75) is 18.9 Å². The minimum atomic E-state index is -3.30. The van der Waals surface area contributed by atoms with Crippen LogP contribution in [0, 0.1) is 0 Å². The summed E-state index contributed by atoms with van der Waals surface area (Å²) in [5, 5.41) is 0. The molecule has 0 aromatic rings. The Morgan fingerprint density at radius 2 is 2.17 bits per heavy atom. The van der Waals surface area contributed by atoms with Gasteiger partial charge in [-0.2, -0.15) is 17.9 Å². The summed E-state index contributed by atoms with van der Waals surface area (Å²) in [5.41, 5.74) is 0. The number of rotatable bonds is 5. The summed E-state index contributed by atoms with van der Waals surface area (Å²) in [6, 6.07) is 0.145. The maximum Gasteiger partial charge on any atom is 0.277 e. The smallest absolute Gasteiger partial charge is 0.199 e. The van der Waals surface area contributed by atoms with E-state index in [0.717, 1.165) is 12.8 Å². The zero-order valence-electron chi connectivity index (χ0n) is 6.51. The average Bonchev–Trinajstić information content (AvgIpc) is 2.67. The van der Waals surface area contributed by atoms with E-state index < -0.39 is 10.2 Å². The van der Waals surface area contributed by atoms with Gasteiger partial charge in [-0.25, -0.2) is 0 Å². The molecule has 0 aromatic heterocycles. The zero-order valence-corrected chi connectivity index (χ0v) is 8.91. The second-order valence-electron chi connectivity index (χ2n) is 2.73. The summed E-state index contributed by atoms with van der Waals surface area (Å²) in [5.74, 6) is 0. The van der Waals surface area contributed by atoms with Crippen molar-refractivity contribution in [3.05, 3.63) is 11.1 Å². The van der Waals surface area contributed by atoms with Crippen LogP contribution >= 0.6 is 15.9 Å². The maximum absolute atomic E-state index is 11.1. The van der Waals surface area contributed by atoms with Crippen molar-refractivity contribution in [1.82, 2.24) is 9.44 Å². The number of halogens is 1. The van der Waals surface area contributed by atoms with Crippen molar-refractivity contribution < 1.29 is 8.42 Å². The lowest BCUT2D eigenvalue weighted by Gasteiger charge is -2.05. The highest BCUT2D eigenvalue weighted by Crippen LogP contribution is 2.19. The summed E-state index contributed by atoms with van der Waals surface area (Å²) in [4.78, 5) is 0. The molecule has 0 aliphatic heterocycles. The fourth-order valence-corrected chi connectivity index (χ4v) is 2.08. The molecule has 0 amide bonds. The van der Waals surface area contributed by atoms with Gasteiger partial charge in [0.05, 0.1) is 0 Å². The average molecular weight is 255 g/mol. The lowest BCUT2D eigenvalue weighted by Crippen LogP contribution is -2.38. The number of hydrogen-bond acceptors (Lipinski definition) is 2. The van der Waals surface area contributed by atoms with Gasteiger partial charge >= 0.3 is 0 Å². The summed E-state index contributed by atoms with van der Waals surface area (Å²) in [7, 11) is -3.30. The molecule has 0 spiro atoms. The summed E-state index contributed by atoms with van der Waals surface area (Å²) >= 11 is 3.06. The molecule has 1 fully saturated rings. The van der Waals surface area contributed by atoms with Gasteiger partial charge in [-0.1, -0.05) is 22.5 Å². The molecule has 0 atom stereocenters. The summed E-state index contributed by atoms with van der Waals surface area (Å²) < 4.78 is 27.6. The second-order valence-corrected chi connectivity index (χ2v) is 5.39. The molecular formula is C6H11BrN2O2S. The summed E-state index contributed by atoms with van der Waals surface area (Å²) in [6.07, 6.45) is 1.88. The molecule has 70 valence electrons. The van der Waals surface area contributed by atoms with Crippen molar-refractivity contribution in [3.8, 4) is 0 Å². The standard InChI is InChI=1S/C6H11BrN2O2S/c1-5(7)4-8-12(10,11)9-6-2-3-6/h6,8-9H,1-4H2. The van der Waals surface area contributed by atoms with Crippen LogP contribution in [0.3, 0.4) is 0 Å². The molecular weight excluding hydrogens is 244 g/mol. The lowest BCUT2D eigenvalue weighted by molar-refractivity contribution is 0.570. The van der Waals surface area contributed by atoms with Crippen molar-refractivity contribution in [2.24, 2.45) is 0 Å². The van der Waals surface area contributed by atoms with Gasteiger partial charge < -0.3 is 0 Å². The molecule has 4 nitrogen and oxygen atoms in total. The van der Waals surface area contributed by atoms with E-state index in [9.17, 15) is 8.42 Å². The molecule has 0 radical (unpaired) electrons. The monoisotopic (exact) mass is 254 g/mol. The maximum atomic E-state index is 11.1. The molecule has 2 N–H and O–H groups in total. The van der Waals surface area contributed by atoms with Crippen LogP contribution in [0.2, 0.25) is 0 Å². The van der Waals surface area contributed by atoms with E-state index in [1.54, 1.807) is 0 Å². The molecule has 0 bridgehead atoms. The largest absolute Gasteiger partial charge is 0.277 e. The molecule has 0 heterocycles. The van der Waals surface area contributed by atoms with Crippen LogP contribution in [0.1, 0.15) is 12.8 Å². The van der Waals surface area contributed by atoms with Gasteiger partial charge in [-0.3, -0.25) is 0 Å². The first kappa shape index (κ1) is 10.2. The Morgan fingerprint density at radius 3 is 2.58 bits per heavy atom. The van der Waals surface area contributed by atoms with Crippen molar-refractivity contribution >= 4 is 26.1 Å². The Kier molecular flexibility index (Phi) is 3.28. The first-order chi connectivity index (χ1) is 5.49. The van der Waals surface area contributed by atoms with E-state index in [1.807, 2.05) is 0 Å². The van der Waals surface area contributed by atoms with E-state index in [4.69, 9.17) is 0 Å². The first-order valence-corrected chi connectivity index (χ1v) is 5.87. The van der Waals surface area contributed by atoms with E-state index in [2.05, 4.69) is 32.0 Å². The van der Waals surface area contributed by atoms with Crippen LogP contribution in [0.4, 0.5) is 0 Å². The van der Waals surface area contributed by atoms with E-state index in [-0.39, 0.29) is 12.6 Å². The lowest BCUT2D eigenvalue weighted by atomic mass is 10.7. The highest BCUT2D eigenvalue weighted by atomic mass is 79.9. The molecule has 0 unspecified atom stereocenters. The normalized spacial score (nSPS) is 17.8. The Balaban J connectivity index is 2.31. The third-order valence-electron chi connectivity index (χ3n) is 1.35. The third-order valence-corrected chi connectivity index (χ3v) is 2.80. The molecule has 0 aromatic carbocycles. The van der Waals surface area contributed by atoms with Gasteiger partial charge in [0.15, 0.2) is 0 Å². The van der Waals surface area contributed by atoms with Gasteiger partial charge in [-0.05, 0) is 12.8 Å². The van der Waals surface area contributed by atoms with Crippen LogP contribution in [0.25, 0.3) is 0 Å². The fraction of sp³-hybridized carbons (Fsp3) is 0.667. The topological polar surface area (TPSA) is 58.2 Å². The third kappa shape index (κ3) is 4.20. The van der Waals surface area contributed by atoms with Gasteiger partial charge in [0.2, 0.25) is 0 Å². The number of nitrogens with one attached hydrogen (secondary N) is 2. The van der Waals surface area contributed by atoms with Gasteiger partial charge in [0, 0.05) is 17.1 Å². The summed E-state index contributed by atoms with van der Waals surface area (Å²) in [6.45, 7) is 3.74. The highest BCUT2D eigenvalue weighted by molar-refractivity contribution is 9.11. The minimum absolute atomic E-state index is 0.145. The molecule has 1 aliphatic rings. The van der Waals surface area contributed by atoms with Crippen LogP contribution in [0.5, 0.6) is 0 Å². The Bertz CT molecular complexity index is 271. The van der Waals surface area contributed by atoms with E-state index in [0.29, 0.717) is 4.48 Å². The van der Waals surface area contributed by atoms with Crippen LogP contribution in [-0.2, 0) is 10.2 Å². The Labute approximate surface area is 80.7 Å². The zero-order chi connectivity index (χ0) is 9.19. The molecule has 1 aliphatic carbocycles. The van der Waals surface area contributed by atoms with Gasteiger partial charge in [0.1, 0.15) is 0 Å². The Hall–Kier alpha value is 0.0900. The number of hydrogen-bond donors (Lipinski definition) is 2.